The predicted molar refractivity (Wildman–Crippen MR) is 65.2 cm³/mol. The van der Waals surface area contributed by atoms with E-state index in [1.807, 2.05) is 11.9 Å². The number of aromatic nitrogens is 1. The number of rotatable bonds is 5. The summed E-state index contributed by atoms with van der Waals surface area (Å²) in [6.07, 6.45) is 0. The van der Waals surface area contributed by atoms with Gasteiger partial charge in [-0.05, 0) is 6.92 Å². The van der Waals surface area contributed by atoms with Crippen LogP contribution in [0, 0.1) is 0 Å². The number of thiazole rings is 1. The topological polar surface area (TPSA) is 42.4 Å². The zero-order valence-corrected chi connectivity index (χ0v) is 10.5. The van der Waals surface area contributed by atoms with Crippen LogP contribution in [0.5, 0.6) is 0 Å². The van der Waals surface area contributed by atoms with Crippen molar-refractivity contribution in [1.29, 1.82) is 0 Å². The van der Waals surface area contributed by atoms with Gasteiger partial charge in [0.1, 0.15) is 0 Å². The van der Waals surface area contributed by atoms with Crippen molar-refractivity contribution < 1.29 is 9.53 Å². The molecule has 1 heterocycles. The fourth-order valence-electron chi connectivity index (χ4n) is 0.984. The second-order valence-corrected chi connectivity index (χ2v) is 4.16. The summed E-state index contributed by atoms with van der Waals surface area (Å²) < 4.78 is 4.85. The lowest BCUT2D eigenvalue weighted by atomic mass is 10.5. The van der Waals surface area contributed by atoms with Crippen LogP contribution in [0.3, 0.4) is 0 Å². The lowest BCUT2D eigenvalue weighted by Crippen LogP contribution is -2.19. The number of hydrogen-bond donors (Lipinski definition) is 1. The first-order valence-electron chi connectivity index (χ1n) is 4.63. The van der Waals surface area contributed by atoms with Crippen molar-refractivity contribution in [1.82, 2.24) is 4.98 Å². The summed E-state index contributed by atoms with van der Waals surface area (Å²) in [6, 6.07) is 0. The minimum absolute atomic E-state index is 0.362. The van der Waals surface area contributed by atoms with Gasteiger partial charge in [0, 0.05) is 24.7 Å². The van der Waals surface area contributed by atoms with Crippen LogP contribution in [-0.2, 0) is 4.74 Å². The third kappa shape index (κ3) is 3.39. The smallest absolute Gasteiger partial charge is 0.357 e. The van der Waals surface area contributed by atoms with E-state index in [4.69, 9.17) is 4.74 Å². The van der Waals surface area contributed by atoms with E-state index in [9.17, 15) is 4.79 Å². The molecule has 1 aromatic heterocycles. The van der Waals surface area contributed by atoms with Crippen molar-refractivity contribution >= 4 is 35.1 Å². The standard InChI is InChI=1S/C9H14N2O2S2/c1-3-13-8(12)7-6-15-9(10-7)11(2)4-5-14/h6,14H,3-5H2,1-2H3. The van der Waals surface area contributed by atoms with Gasteiger partial charge in [0.15, 0.2) is 10.8 Å². The van der Waals surface area contributed by atoms with E-state index < -0.39 is 0 Å². The van der Waals surface area contributed by atoms with Crippen molar-refractivity contribution in [3.8, 4) is 0 Å². The highest BCUT2D eigenvalue weighted by Gasteiger charge is 2.13. The van der Waals surface area contributed by atoms with Crippen LogP contribution < -0.4 is 4.90 Å². The fraction of sp³-hybridized carbons (Fsp3) is 0.556. The first-order chi connectivity index (χ1) is 7.19. The summed E-state index contributed by atoms with van der Waals surface area (Å²) in [6.45, 7) is 2.95. The maximum Gasteiger partial charge on any atom is 0.357 e. The minimum Gasteiger partial charge on any atom is -0.461 e. The molecule has 0 fully saturated rings. The largest absolute Gasteiger partial charge is 0.461 e. The van der Waals surface area contributed by atoms with E-state index in [1.165, 1.54) is 11.3 Å². The van der Waals surface area contributed by atoms with Crippen molar-refractivity contribution in [2.45, 2.75) is 6.92 Å². The molecule has 0 saturated heterocycles. The molecule has 0 aromatic carbocycles. The van der Waals surface area contributed by atoms with Crippen LogP contribution in [0.1, 0.15) is 17.4 Å². The molecule has 0 saturated carbocycles. The highest BCUT2D eigenvalue weighted by molar-refractivity contribution is 7.80. The highest BCUT2D eigenvalue weighted by Crippen LogP contribution is 2.19. The quantitative estimate of drug-likeness (QED) is 0.634. The number of thiol groups is 1. The Balaban J connectivity index is 2.67. The van der Waals surface area contributed by atoms with Gasteiger partial charge >= 0.3 is 5.97 Å². The van der Waals surface area contributed by atoms with Gasteiger partial charge in [-0.2, -0.15) is 12.6 Å². The molecule has 1 rings (SSSR count). The Kier molecular flexibility index (Phi) is 4.90. The van der Waals surface area contributed by atoms with Crippen LogP contribution >= 0.6 is 24.0 Å². The number of carbonyl (C=O) groups excluding carboxylic acids is 1. The molecule has 4 nitrogen and oxygen atoms in total. The Morgan fingerprint density at radius 3 is 3.07 bits per heavy atom. The monoisotopic (exact) mass is 246 g/mol. The summed E-state index contributed by atoms with van der Waals surface area (Å²) >= 11 is 5.57. The predicted octanol–water partition coefficient (Wildman–Crippen LogP) is 1.69. The molecule has 0 unspecified atom stereocenters. The molecule has 0 N–H and O–H groups in total. The van der Waals surface area contributed by atoms with Crippen molar-refractivity contribution in [3.63, 3.8) is 0 Å². The lowest BCUT2D eigenvalue weighted by molar-refractivity contribution is 0.0520. The van der Waals surface area contributed by atoms with E-state index in [0.29, 0.717) is 12.3 Å². The molecule has 0 aliphatic heterocycles. The van der Waals surface area contributed by atoms with E-state index in [1.54, 1.807) is 12.3 Å². The summed E-state index contributed by atoms with van der Waals surface area (Å²) in [5.41, 5.74) is 0.378. The second kappa shape index (κ2) is 5.97. The Bertz CT molecular complexity index is 328. The number of esters is 1. The van der Waals surface area contributed by atoms with Crippen molar-refractivity contribution in [2.24, 2.45) is 0 Å². The third-order valence-corrected chi connectivity index (χ3v) is 2.89. The molecule has 84 valence electrons. The molecule has 0 bridgehead atoms. The average molecular weight is 246 g/mol. The van der Waals surface area contributed by atoms with Gasteiger partial charge in [-0.25, -0.2) is 9.78 Å². The van der Waals surface area contributed by atoms with Gasteiger partial charge in [-0.15, -0.1) is 11.3 Å². The summed E-state index contributed by atoms with van der Waals surface area (Å²) in [5.74, 6) is 0.393. The van der Waals surface area contributed by atoms with Crippen LogP contribution in [0.25, 0.3) is 0 Å². The Morgan fingerprint density at radius 1 is 1.73 bits per heavy atom. The first kappa shape index (κ1) is 12.3. The molecule has 0 spiro atoms. The maximum absolute atomic E-state index is 11.3. The number of ether oxygens (including phenoxy) is 1. The Labute approximate surface area is 98.7 Å². The second-order valence-electron chi connectivity index (χ2n) is 2.88. The van der Waals surface area contributed by atoms with Crippen LogP contribution in [0.15, 0.2) is 5.38 Å². The fourth-order valence-corrected chi connectivity index (χ4v) is 2.07. The molecule has 0 aliphatic rings. The maximum atomic E-state index is 11.3. The molecule has 0 atom stereocenters. The number of nitrogens with zero attached hydrogens (tertiary/aromatic N) is 2. The van der Waals surface area contributed by atoms with Crippen molar-refractivity contribution in [2.75, 3.05) is 30.9 Å². The molecule has 0 aliphatic carbocycles. The molecule has 6 heteroatoms. The van der Waals surface area contributed by atoms with Gasteiger partial charge < -0.3 is 9.64 Å². The van der Waals surface area contributed by atoms with Gasteiger partial charge in [0.25, 0.3) is 0 Å². The Hall–Kier alpha value is -0.750. The molecule has 0 radical (unpaired) electrons. The number of hydrogen-bond acceptors (Lipinski definition) is 6. The van der Waals surface area contributed by atoms with E-state index in [2.05, 4.69) is 17.6 Å². The van der Waals surface area contributed by atoms with Gasteiger partial charge in [0.2, 0.25) is 0 Å². The van der Waals surface area contributed by atoms with Gasteiger partial charge in [-0.3, -0.25) is 0 Å². The molecule has 0 amide bonds. The number of anilines is 1. The Morgan fingerprint density at radius 2 is 2.47 bits per heavy atom. The van der Waals surface area contributed by atoms with Crippen LogP contribution in [0.4, 0.5) is 5.13 Å². The van der Waals surface area contributed by atoms with Gasteiger partial charge in [0.05, 0.1) is 6.61 Å². The molecular weight excluding hydrogens is 232 g/mol. The third-order valence-electron chi connectivity index (χ3n) is 1.74. The molecule has 1 aromatic rings. The molecular formula is C9H14N2O2S2. The molecule has 15 heavy (non-hydrogen) atoms. The van der Waals surface area contributed by atoms with E-state index in [0.717, 1.165) is 17.4 Å². The lowest BCUT2D eigenvalue weighted by Gasteiger charge is -2.12. The summed E-state index contributed by atoms with van der Waals surface area (Å²) in [7, 11) is 1.92. The number of carbonyl (C=O) groups is 1. The zero-order chi connectivity index (χ0) is 11.3. The minimum atomic E-state index is -0.362. The van der Waals surface area contributed by atoms with E-state index >= 15 is 0 Å². The van der Waals surface area contributed by atoms with E-state index in [-0.39, 0.29) is 5.97 Å². The van der Waals surface area contributed by atoms with Gasteiger partial charge in [-0.1, -0.05) is 0 Å². The summed E-state index contributed by atoms with van der Waals surface area (Å²) in [5, 5.41) is 2.52. The summed E-state index contributed by atoms with van der Waals surface area (Å²) in [4.78, 5) is 17.5. The zero-order valence-electron chi connectivity index (χ0n) is 8.77. The van der Waals surface area contributed by atoms with Crippen LogP contribution in [0.2, 0.25) is 0 Å². The normalized spacial score (nSPS) is 10.1. The van der Waals surface area contributed by atoms with Crippen LogP contribution in [-0.4, -0.2) is 36.9 Å². The average Bonchev–Trinajstić information content (AvgIpc) is 2.67. The van der Waals surface area contributed by atoms with Crippen molar-refractivity contribution in [3.05, 3.63) is 11.1 Å². The SMILES string of the molecule is CCOC(=O)c1csc(N(C)CCS)n1. The first-order valence-corrected chi connectivity index (χ1v) is 6.15. The highest BCUT2D eigenvalue weighted by atomic mass is 32.1.